The summed E-state index contributed by atoms with van der Waals surface area (Å²) in [5.74, 6) is -0.227. The zero-order valence-corrected chi connectivity index (χ0v) is 22.3. The Balaban J connectivity index is 1.51. The van der Waals surface area contributed by atoms with E-state index in [0.717, 1.165) is 36.3 Å². The van der Waals surface area contributed by atoms with E-state index in [1.807, 2.05) is 24.3 Å². The van der Waals surface area contributed by atoms with Crippen LogP contribution in [0.15, 0.2) is 72.8 Å². The highest BCUT2D eigenvalue weighted by Gasteiger charge is 2.44. The molecule has 2 unspecified atom stereocenters. The van der Waals surface area contributed by atoms with Gasteiger partial charge in [-0.1, -0.05) is 67.8 Å². The van der Waals surface area contributed by atoms with Gasteiger partial charge in [-0.25, -0.2) is 4.79 Å². The van der Waals surface area contributed by atoms with E-state index in [4.69, 9.17) is 0 Å². The number of rotatable bonds is 8. The van der Waals surface area contributed by atoms with Crippen molar-refractivity contribution in [1.82, 2.24) is 4.90 Å². The number of hydrogen-bond donors (Lipinski definition) is 2. The van der Waals surface area contributed by atoms with Crippen molar-refractivity contribution in [2.75, 3.05) is 30.9 Å². The van der Waals surface area contributed by atoms with Crippen LogP contribution in [0.4, 0.5) is 11.4 Å². The number of aromatic carboxylic acids is 1. The fourth-order valence-corrected chi connectivity index (χ4v) is 6.18. The number of nitrogens with zero attached hydrogens (tertiary/aromatic N) is 2. The van der Waals surface area contributed by atoms with Crippen molar-refractivity contribution in [2.24, 2.45) is 5.92 Å². The summed E-state index contributed by atoms with van der Waals surface area (Å²) in [7, 11) is 3.54. The minimum absolute atomic E-state index is 0.00659. The van der Waals surface area contributed by atoms with Gasteiger partial charge in [0.05, 0.1) is 18.2 Å². The van der Waals surface area contributed by atoms with Gasteiger partial charge in [0, 0.05) is 37.9 Å². The van der Waals surface area contributed by atoms with Gasteiger partial charge in [0.25, 0.3) is 0 Å². The number of fused-ring (bicyclic) bond motifs is 1. The Kier molecular flexibility index (Phi) is 7.68. The largest absolute Gasteiger partial charge is 0.478 e. The molecule has 1 fully saturated rings. The minimum atomic E-state index is -0.946. The Labute approximate surface area is 225 Å². The minimum Gasteiger partial charge on any atom is -0.478 e. The standard InChI is InChI=1S/C32H37N3O3/c1-34(2)29(36)21-35-28-19-25(32(37)38)15-18-27(28)30(23-11-7-4-8-12-23)31(35)24-13-16-26(17-14-24)33-20-22-9-5-3-6-10-22/h3,5-6,9-10,13-19,23,30-31,33H,4,7-8,11-12,20-21H2,1-2H3,(H,37,38). The van der Waals surface area contributed by atoms with E-state index in [9.17, 15) is 14.7 Å². The number of carboxylic acid groups (broad SMARTS) is 1. The van der Waals surface area contributed by atoms with Gasteiger partial charge in [-0.2, -0.15) is 0 Å². The Morgan fingerprint density at radius 2 is 1.66 bits per heavy atom. The summed E-state index contributed by atoms with van der Waals surface area (Å²) in [5, 5.41) is 13.2. The number of carboxylic acids is 1. The zero-order valence-electron chi connectivity index (χ0n) is 22.3. The van der Waals surface area contributed by atoms with Crippen LogP contribution in [-0.2, 0) is 11.3 Å². The molecule has 38 heavy (non-hydrogen) atoms. The molecule has 0 radical (unpaired) electrons. The van der Waals surface area contributed by atoms with Crippen LogP contribution in [0.5, 0.6) is 0 Å². The zero-order chi connectivity index (χ0) is 26.6. The molecular weight excluding hydrogens is 474 g/mol. The molecule has 6 heteroatoms. The Morgan fingerprint density at radius 3 is 2.32 bits per heavy atom. The Hall–Kier alpha value is -3.80. The lowest BCUT2D eigenvalue weighted by Gasteiger charge is -2.36. The van der Waals surface area contributed by atoms with Gasteiger partial charge in [-0.15, -0.1) is 0 Å². The van der Waals surface area contributed by atoms with E-state index in [1.54, 1.807) is 31.1 Å². The third kappa shape index (κ3) is 5.40. The van der Waals surface area contributed by atoms with E-state index >= 15 is 0 Å². The van der Waals surface area contributed by atoms with Crippen LogP contribution in [0.25, 0.3) is 0 Å². The third-order valence-corrected chi connectivity index (χ3v) is 8.18. The molecule has 5 rings (SSSR count). The number of carbonyl (C=O) groups excluding carboxylic acids is 1. The van der Waals surface area contributed by atoms with Gasteiger partial charge in [0.2, 0.25) is 5.91 Å². The van der Waals surface area contributed by atoms with Crippen LogP contribution in [-0.4, -0.2) is 42.5 Å². The summed E-state index contributed by atoms with van der Waals surface area (Å²) in [6.45, 7) is 0.964. The summed E-state index contributed by atoms with van der Waals surface area (Å²) >= 11 is 0. The molecule has 3 aromatic carbocycles. The van der Waals surface area contributed by atoms with Crippen molar-refractivity contribution in [3.05, 3.63) is 95.1 Å². The maximum absolute atomic E-state index is 13.0. The predicted molar refractivity (Wildman–Crippen MR) is 152 cm³/mol. The molecule has 198 valence electrons. The first-order valence-electron chi connectivity index (χ1n) is 13.6. The van der Waals surface area contributed by atoms with Gasteiger partial charge >= 0.3 is 5.97 Å². The highest BCUT2D eigenvalue weighted by Crippen LogP contribution is 2.55. The summed E-state index contributed by atoms with van der Waals surface area (Å²) in [5.41, 5.74) is 5.74. The number of likely N-dealkylation sites (N-methyl/N-ethyl adjacent to an activating group) is 1. The van der Waals surface area contributed by atoms with E-state index in [2.05, 4.69) is 46.6 Å². The number of nitrogens with one attached hydrogen (secondary N) is 1. The molecule has 1 amide bonds. The average molecular weight is 512 g/mol. The van der Waals surface area contributed by atoms with E-state index in [1.165, 1.54) is 30.4 Å². The smallest absolute Gasteiger partial charge is 0.335 e. The molecule has 1 saturated carbocycles. The Morgan fingerprint density at radius 1 is 0.947 bits per heavy atom. The first kappa shape index (κ1) is 25.8. The van der Waals surface area contributed by atoms with Crippen LogP contribution >= 0.6 is 0 Å². The van der Waals surface area contributed by atoms with Crippen molar-refractivity contribution >= 4 is 23.3 Å². The van der Waals surface area contributed by atoms with Crippen molar-refractivity contribution in [3.8, 4) is 0 Å². The van der Waals surface area contributed by atoms with E-state index < -0.39 is 5.97 Å². The summed E-state index contributed by atoms with van der Waals surface area (Å²) < 4.78 is 0. The SMILES string of the molecule is CN(C)C(=O)CN1c2cc(C(=O)O)ccc2C(C2CCCCC2)C1c1ccc(NCc2ccccc2)cc1. The van der Waals surface area contributed by atoms with Crippen molar-refractivity contribution < 1.29 is 14.7 Å². The lowest BCUT2D eigenvalue weighted by Crippen LogP contribution is -2.38. The van der Waals surface area contributed by atoms with E-state index in [-0.39, 0.29) is 30.0 Å². The predicted octanol–water partition coefficient (Wildman–Crippen LogP) is 6.31. The number of hydrogen-bond acceptors (Lipinski definition) is 4. The Bertz CT molecular complexity index is 1270. The monoisotopic (exact) mass is 511 g/mol. The molecule has 0 aromatic heterocycles. The second-order valence-corrected chi connectivity index (χ2v) is 10.8. The van der Waals surface area contributed by atoms with Crippen molar-refractivity contribution in [2.45, 2.75) is 50.6 Å². The summed E-state index contributed by atoms with van der Waals surface area (Å²) in [4.78, 5) is 28.7. The number of anilines is 2. The van der Waals surface area contributed by atoms with E-state index in [0.29, 0.717) is 5.92 Å². The van der Waals surface area contributed by atoms with Crippen LogP contribution in [0.2, 0.25) is 0 Å². The molecule has 0 saturated heterocycles. The highest BCUT2D eigenvalue weighted by atomic mass is 16.4. The molecular formula is C32H37N3O3. The normalized spacial score (nSPS) is 19.2. The lowest BCUT2D eigenvalue weighted by molar-refractivity contribution is -0.127. The maximum atomic E-state index is 13.0. The molecule has 2 N–H and O–H groups in total. The van der Waals surface area contributed by atoms with Crippen molar-refractivity contribution in [3.63, 3.8) is 0 Å². The van der Waals surface area contributed by atoms with Gasteiger partial charge in [-0.05, 0) is 59.7 Å². The van der Waals surface area contributed by atoms with Gasteiger partial charge in [0.1, 0.15) is 0 Å². The van der Waals surface area contributed by atoms with Crippen LogP contribution in [0.1, 0.15) is 71.1 Å². The van der Waals surface area contributed by atoms with Gasteiger partial charge in [-0.3, -0.25) is 4.79 Å². The molecule has 1 aliphatic heterocycles. The quantitative estimate of drug-likeness (QED) is 0.371. The number of benzene rings is 3. The first-order chi connectivity index (χ1) is 18.4. The van der Waals surface area contributed by atoms with Crippen LogP contribution < -0.4 is 10.2 Å². The fourth-order valence-electron chi connectivity index (χ4n) is 6.18. The topological polar surface area (TPSA) is 72.9 Å². The first-order valence-corrected chi connectivity index (χ1v) is 13.6. The van der Waals surface area contributed by atoms with Gasteiger partial charge < -0.3 is 20.2 Å². The second-order valence-electron chi connectivity index (χ2n) is 10.8. The highest BCUT2D eigenvalue weighted by molar-refractivity contribution is 5.91. The summed E-state index contributed by atoms with van der Waals surface area (Å²) in [6, 6.07) is 24.4. The number of amides is 1. The molecule has 6 nitrogen and oxygen atoms in total. The lowest BCUT2D eigenvalue weighted by atomic mass is 9.73. The second kappa shape index (κ2) is 11.3. The van der Waals surface area contributed by atoms with Crippen molar-refractivity contribution in [1.29, 1.82) is 0 Å². The third-order valence-electron chi connectivity index (χ3n) is 8.18. The molecule has 1 heterocycles. The number of carbonyl (C=O) groups is 2. The van der Waals surface area contributed by atoms with Crippen LogP contribution in [0.3, 0.4) is 0 Å². The maximum Gasteiger partial charge on any atom is 0.335 e. The fraction of sp³-hybridized carbons (Fsp3) is 0.375. The molecule has 0 spiro atoms. The molecule has 2 atom stereocenters. The van der Waals surface area contributed by atoms with Crippen LogP contribution in [0, 0.1) is 5.92 Å². The average Bonchev–Trinajstić information content (AvgIpc) is 3.26. The van der Waals surface area contributed by atoms with Gasteiger partial charge in [0.15, 0.2) is 0 Å². The molecule has 3 aromatic rings. The molecule has 0 bridgehead atoms. The molecule has 2 aliphatic rings. The molecule has 1 aliphatic carbocycles. The summed E-state index contributed by atoms with van der Waals surface area (Å²) in [6.07, 6.45) is 6.02.